The summed E-state index contributed by atoms with van der Waals surface area (Å²) in [5.41, 5.74) is 2.22. The van der Waals surface area contributed by atoms with Crippen LogP contribution >= 0.6 is 11.3 Å². The average Bonchev–Trinajstić information content (AvgIpc) is 3.31. The molecule has 10 heteroatoms. The lowest BCUT2D eigenvalue weighted by Gasteiger charge is -2.13. The van der Waals surface area contributed by atoms with Gasteiger partial charge in [0, 0.05) is 0 Å². The van der Waals surface area contributed by atoms with Crippen molar-refractivity contribution in [2.24, 2.45) is 0 Å². The first-order chi connectivity index (χ1) is 14.3. The Morgan fingerprint density at radius 1 is 1.33 bits per heavy atom. The second-order valence-electron chi connectivity index (χ2n) is 6.26. The van der Waals surface area contributed by atoms with Gasteiger partial charge in [-0.05, 0) is 44.5 Å². The number of aromatic nitrogens is 2. The summed E-state index contributed by atoms with van der Waals surface area (Å²) < 4.78 is 10.2. The summed E-state index contributed by atoms with van der Waals surface area (Å²) in [5.74, 6) is -1.87. The van der Waals surface area contributed by atoms with Crippen molar-refractivity contribution in [3.8, 4) is 6.07 Å². The molecule has 0 aliphatic carbocycles. The van der Waals surface area contributed by atoms with Crippen molar-refractivity contribution in [2.45, 2.75) is 26.9 Å². The molecule has 0 aliphatic heterocycles. The van der Waals surface area contributed by atoms with E-state index in [0.29, 0.717) is 16.6 Å². The maximum Gasteiger partial charge on any atom is 0.348 e. The normalized spacial score (nSPS) is 11.5. The zero-order chi connectivity index (χ0) is 21.8. The van der Waals surface area contributed by atoms with E-state index in [0.717, 1.165) is 11.3 Å². The predicted octanol–water partition coefficient (Wildman–Crippen LogP) is 3.17. The fraction of sp³-hybridized carbons (Fsp3) is 0.250. The number of nitrogens with zero attached hydrogens (tertiary/aromatic N) is 2. The fourth-order valence-electron chi connectivity index (χ4n) is 2.69. The van der Waals surface area contributed by atoms with Gasteiger partial charge in [0.1, 0.15) is 15.9 Å². The molecule has 154 valence electrons. The molecular formula is C20H18N4O5S. The third-order valence-corrected chi connectivity index (χ3v) is 5.45. The van der Waals surface area contributed by atoms with Crippen LogP contribution in [0.1, 0.15) is 45.0 Å². The van der Waals surface area contributed by atoms with Crippen LogP contribution in [0.2, 0.25) is 0 Å². The molecule has 1 aromatic carbocycles. The summed E-state index contributed by atoms with van der Waals surface area (Å²) in [4.78, 5) is 44.1. The average molecular weight is 426 g/mol. The van der Waals surface area contributed by atoms with E-state index in [1.807, 2.05) is 6.07 Å². The van der Waals surface area contributed by atoms with Gasteiger partial charge in [-0.2, -0.15) is 5.26 Å². The minimum atomic E-state index is -1.13. The van der Waals surface area contributed by atoms with Crippen molar-refractivity contribution in [1.29, 1.82) is 5.26 Å². The van der Waals surface area contributed by atoms with Crippen LogP contribution in [0.15, 0.2) is 24.5 Å². The van der Waals surface area contributed by atoms with E-state index < -0.39 is 23.9 Å². The highest BCUT2D eigenvalue weighted by Gasteiger charge is 2.25. The molecule has 0 aliphatic rings. The Morgan fingerprint density at radius 2 is 2.10 bits per heavy atom. The molecular weight excluding hydrogens is 408 g/mol. The lowest BCUT2D eigenvalue weighted by molar-refractivity contribution is -0.123. The fourth-order valence-corrected chi connectivity index (χ4v) is 3.74. The van der Waals surface area contributed by atoms with Crippen molar-refractivity contribution >= 4 is 45.2 Å². The van der Waals surface area contributed by atoms with E-state index in [9.17, 15) is 19.6 Å². The number of H-pyrrole nitrogens is 1. The number of rotatable bonds is 6. The quantitative estimate of drug-likeness (QED) is 0.578. The molecule has 0 bridgehead atoms. The van der Waals surface area contributed by atoms with Gasteiger partial charge in [0.25, 0.3) is 5.91 Å². The second-order valence-corrected chi connectivity index (χ2v) is 7.28. The maximum atomic E-state index is 12.5. The Bertz CT molecular complexity index is 1170. The van der Waals surface area contributed by atoms with Crippen molar-refractivity contribution in [3.63, 3.8) is 0 Å². The van der Waals surface area contributed by atoms with Crippen LogP contribution in [-0.2, 0) is 14.3 Å². The summed E-state index contributed by atoms with van der Waals surface area (Å²) in [5, 5.41) is 12.2. The monoisotopic (exact) mass is 426 g/mol. The number of carbonyl (C=O) groups excluding carboxylic acids is 3. The molecule has 2 N–H and O–H groups in total. The van der Waals surface area contributed by atoms with Crippen LogP contribution in [0.25, 0.3) is 11.0 Å². The second kappa shape index (κ2) is 8.75. The number of amides is 1. The molecule has 30 heavy (non-hydrogen) atoms. The van der Waals surface area contributed by atoms with Gasteiger partial charge >= 0.3 is 11.9 Å². The SMILES string of the molecule is CCOC(=O)c1sc(NC(=O)C(C)OC(=O)c2ccc3nc[nH]c3c2)c(C#N)c1C. The van der Waals surface area contributed by atoms with Crippen LogP contribution in [0.3, 0.4) is 0 Å². The highest BCUT2D eigenvalue weighted by molar-refractivity contribution is 7.18. The lowest BCUT2D eigenvalue weighted by Crippen LogP contribution is -2.30. The predicted molar refractivity (Wildman–Crippen MR) is 109 cm³/mol. The Balaban J connectivity index is 1.72. The van der Waals surface area contributed by atoms with Gasteiger partial charge in [-0.1, -0.05) is 0 Å². The summed E-state index contributed by atoms with van der Waals surface area (Å²) >= 11 is 0.942. The first-order valence-corrected chi connectivity index (χ1v) is 9.82. The van der Waals surface area contributed by atoms with Crippen LogP contribution in [0, 0.1) is 18.3 Å². The van der Waals surface area contributed by atoms with Gasteiger partial charge < -0.3 is 19.8 Å². The number of esters is 2. The minimum absolute atomic E-state index is 0.166. The van der Waals surface area contributed by atoms with Crippen molar-refractivity contribution in [2.75, 3.05) is 11.9 Å². The molecule has 2 heterocycles. The van der Waals surface area contributed by atoms with Gasteiger partial charge in [0.15, 0.2) is 6.10 Å². The van der Waals surface area contributed by atoms with Crippen LogP contribution in [0.5, 0.6) is 0 Å². The first-order valence-electron chi connectivity index (χ1n) is 9.01. The Morgan fingerprint density at radius 3 is 2.80 bits per heavy atom. The lowest BCUT2D eigenvalue weighted by atomic mass is 10.1. The Kier molecular flexibility index (Phi) is 6.13. The first kappa shape index (κ1) is 21.0. The van der Waals surface area contributed by atoms with Crippen molar-refractivity contribution in [1.82, 2.24) is 9.97 Å². The number of hydrogen-bond donors (Lipinski definition) is 2. The van der Waals surface area contributed by atoms with Crippen molar-refractivity contribution in [3.05, 3.63) is 46.1 Å². The number of ether oxygens (including phenoxy) is 2. The number of imidazole rings is 1. The zero-order valence-corrected chi connectivity index (χ0v) is 17.3. The molecule has 3 aromatic rings. The molecule has 1 unspecified atom stereocenters. The van der Waals surface area contributed by atoms with E-state index in [2.05, 4.69) is 15.3 Å². The maximum absolute atomic E-state index is 12.5. The summed E-state index contributed by atoms with van der Waals surface area (Å²) in [7, 11) is 0. The molecule has 0 saturated heterocycles. The number of aromatic amines is 1. The standard InChI is InChI=1S/C20H18N4O5S/c1-4-28-20(27)16-10(2)13(8-21)18(30-16)24-17(25)11(3)29-19(26)12-5-6-14-15(7-12)23-9-22-14/h5-7,9,11H,4H2,1-3H3,(H,22,23)(H,24,25). The smallest absolute Gasteiger partial charge is 0.348 e. The van der Waals surface area contributed by atoms with Gasteiger partial charge in [0.05, 0.1) is 35.1 Å². The van der Waals surface area contributed by atoms with E-state index in [1.54, 1.807) is 32.0 Å². The van der Waals surface area contributed by atoms with Gasteiger partial charge in [-0.3, -0.25) is 4.79 Å². The highest BCUT2D eigenvalue weighted by atomic mass is 32.1. The molecule has 0 spiro atoms. The Hall–Kier alpha value is -3.71. The van der Waals surface area contributed by atoms with E-state index in [4.69, 9.17) is 9.47 Å². The number of benzene rings is 1. The van der Waals surface area contributed by atoms with Crippen LogP contribution < -0.4 is 5.32 Å². The van der Waals surface area contributed by atoms with Crippen molar-refractivity contribution < 1.29 is 23.9 Å². The summed E-state index contributed by atoms with van der Waals surface area (Å²) in [6.45, 7) is 4.89. The molecule has 2 aromatic heterocycles. The molecule has 3 rings (SSSR count). The molecule has 0 fully saturated rings. The number of anilines is 1. The number of nitriles is 1. The Labute approximate surface area is 175 Å². The molecule has 1 amide bonds. The molecule has 0 saturated carbocycles. The van der Waals surface area contributed by atoms with E-state index in [1.165, 1.54) is 13.3 Å². The third-order valence-electron chi connectivity index (χ3n) is 4.27. The van der Waals surface area contributed by atoms with Crippen LogP contribution in [-0.4, -0.2) is 40.5 Å². The summed E-state index contributed by atoms with van der Waals surface area (Å²) in [6, 6.07) is 6.78. The van der Waals surface area contributed by atoms with Crippen LogP contribution in [0.4, 0.5) is 5.00 Å². The number of thiophene rings is 1. The number of nitrogens with one attached hydrogen (secondary N) is 2. The topological polar surface area (TPSA) is 134 Å². The minimum Gasteiger partial charge on any atom is -0.462 e. The number of hydrogen-bond acceptors (Lipinski definition) is 8. The van der Waals surface area contributed by atoms with E-state index >= 15 is 0 Å². The molecule has 0 radical (unpaired) electrons. The third kappa shape index (κ3) is 4.16. The van der Waals surface area contributed by atoms with Gasteiger partial charge in [0.2, 0.25) is 0 Å². The molecule has 9 nitrogen and oxygen atoms in total. The molecule has 1 atom stereocenters. The zero-order valence-electron chi connectivity index (χ0n) is 16.4. The van der Waals surface area contributed by atoms with Gasteiger partial charge in [-0.25, -0.2) is 14.6 Å². The summed E-state index contributed by atoms with van der Waals surface area (Å²) in [6.07, 6.45) is 0.380. The van der Waals surface area contributed by atoms with Gasteiger partial charge in [-0.15, -0.1) is 11.3 Å². The van der Waals surface area contributed by atoms with E-state index in [-0.39, 0.29) is 27.6 Å². The number of carbonyl (C=O) groups is 3. The highest BCUT2D eigenvalue weighted by Crippen LogP contribution is 2.33. The largest absolute Gasteiger partial charge is 0.462 e. The number of fused-ring (bicyclic) bond motifs is 1.